The number of aliphatic imine (C=N–C) groups is 1. The molecule has 0 radical (unpaired) electrons. The highest BCUT2D eigenvalue weighted by Gasteiger charge is 2.09. The van der Waals surface area contributed by atoms with Gasteiger partial charge in [0.2, 0.25) is 0 Å². The number of hydrogen-bond acceptors (Lipinski definition) is 3. The first kappa shape index (κ1) is 18.4. The number of unbranched alkanes of at least 4 members (excludes halogenated alkanes) is 1. The number of pyridine rings is 1. The molecule has 7 nitrogen and oxygen atoms in total. The van der Waals surface area contributed by atoms with E-state index in [1.54, 1.807) is 30.6 Å². The third kappa shape index (κ3) is 4.84. The molecule has 0 atom stereocenters. The molecule has 5 N–H and O–H groups in total. The Bertz CT molecular complexity index is 929. The summed E-state index contributed by atoms with van der Waals surface area (Å²) in [6.07, 6.45) is 5.63. The van der Waals surface area contributed by atoms with E-state index >= 15 is 0 Å². The number of amides is 1. The minimum Gasteiger partial charge on any atom is -0.370 e. The summed E-state index contributed by atoms with van der Waals surface area (Å²) in [5, 5.41) is 6.89. The molecule has 2 heterocycles. The van der Waals surface area contributed by atoms with E-state index in [0.717, 1.165) is 41.7 Å². The summed E-state index contributed by atoms with van der Waals surface area (Å²) in [4.78, 5) is 24.1. The molecule has 0 spiro atoms. The highest BCUT2D eigenvalue weighted by atomic mass is 16.1. The van der Waals surface area contributed by atoms with Crippen molar-refractivity contribution in [2.45, 2.75) is 26.3 Å². The predicted octanol–water partition coefficient (Wildman–Crippen LogP) is 3.02. The molecule has 0 unspecified atom stereocenters. The lowest BCUT2D eigenvalue weighted by molar-refractivity contribution is 0.102. The van der Waals surface area contributed by atoms with E-state index in [1.165, 1.54) is 0 Å². The Hall–Kier alpha value is -3.35. The van der Waals surface area contributed by atoms with Crippen molar-refractivity contribution >= 4 is 28.6 Å². The van der Waals surface area contributed by atoms with Crippen LogP contribution in [0.5, 0.6) is 0 Å². The normalized spacial score (nSPS) is 11.5. The molecule has 0 aliphatic rings. The monoisotopic (exact) mass is 364 g/mol. The van der Waals surface area contributed by atoms with Crippen LogP contribution >= 0.6 is 0 Å². The first-order valence-corrected chi connectivity index (χ1v) is 9.03. The number of nitrogens with one attached hydrogen (secondary N) is 3. The summed E-state index contributed by atoms with van der Waals surface area (Å²) in [7, 11) is 0. The maximum absolute atomic E-state index is 12.5. The van der Waals surface area contributed by atoms with Gasteiger partial charge in [0.05, 0.1) is 12.2 Å². The van der Waals surface area contributed by atoms with Crippen LogP contribution in [0.25, 0.3) is 11.0 Å². The van der Waals surface area contributed by atoms with Crippen molar-refractivity contribution < 1.29 is 4.79 Å². The van der Waals surface area contributed by atoms with Gasteiger partial charge in [0.25, 0.3) is 5.91 Å². The van der Waals surface area contributed by atoms with Crippen LogP contribution in [-0.2, 0) is 6.54 Å². The van der Waals surface area contributed by atoms with Gasteiger partial charge < -0.3 is 21.4 Å². The zero-order valence-electron chi connectivity index (χ0n) is 15.3. The quantitative estimate of drug-likeness (QED) is 0.293. The Morgan fingerprint density at radius 1 is 1.22 bits per heavy atom. The van der Waals surface area contributed by atoms with Crippen molar-refractivity contribution in [1.29, 1.82) is 0 Å². The second kappa shape index (κ2) is 8.84. The van der Waals surface area contributed by atoms with E-state index in [9.17, 15) is 4.79 Å². The highest BCUT2D eigenvalue weighted by molar-refractivity contribution is 6.08. The minimum absolute atomic E-state index is 0.167. The van der Waals surface area contributed by atoms with Gasteiger partial charge in [-0.1, -0.05) is 25.5 Å². The number of nitrogens with zero attached hydrogens (tertiary/aromatic N) is 2. The van der Waals surface area contributed by atoms with E-state index < -0.39 is 0 Å². The van der Waals surface area contributed by atoms with Crippen LogP contribution in [0.4, 0.5) is 5.69 Å². The van der Waals surface area contributed by atoms with Gasteiger partial charge in [-0.05, 0) is 36.2 Å². The Labute approximate surface area is 158 Å². The van der Waals surface area contributed by atoms with Crippen molar-refractivity contribution in [3.63, 3.8) is 0 Å². The van der Waals surface area contributed by atoms with E-state index in [0.29, 0.717) is 18.1 Å². The second-order valence-corrected chi connectivity index (χ2v) is 6.23. The zero-order chi connectivity index (χ0) is 19.1. The molecule has 0 saturated heterocycles. The average molecular weight is 364 g/mol. The fourth-order valence-corrected chi connectivity index (χ4v) is 2.65. The number of carbonyl (C=O) groups excluding carboxylic acids is 1. The lowest BCUT2D eigenvalue weighted by Crippen LogP contribution is -2.32. The van der Waals surface area contributed by atoms with Gasteiger partial charge in [-0.3, -0.25) is 4.79 Å². The smallest absolute Gasteiger partial charge is 0.255 e. The molecule has 0 aliphatic carbocycles. The van der Waals surface area contributed by atoms with Gasteiger partial charge in [0.15, 0.2) is 5.96 Å². The molecule has 0 bridgehead atoms. The van der Waals surface area contributed by atoms with Gasteiger partial charge >= 0.3 is 0 Å². The summed E-state index contributed by atoms with van der Waals surface area (Å²) in [5.74, 6) is 0.276. The van der Waals surface area contributed by atoms with E-state index in [-0.39, 0.29) is 5.91 Å². The predicted molar refractivity (Wildman–Crippen MR) is 109 cm³/mol. The van der Waals surface area contributed by atoms with Gasteiger partial charge in [-0.15, -0.1) is 0 Å². The van der Waals surface area contributed by atoms with Crippen LogP contribution in [-0.4, -0.2) is 28.4 Å². The first-order valence-electron chi connectivity index (χ1n) is 9.03. The number of aromatic amines is 1. The van der Waals surface area contributed by atoms with Gasteiger partial charge in [0, 0.05) is 29.9 Å². The SMILES string of the molecule is CCCCNC(N)=NCc1ccc(C(=O)Nc2ccnc3[nH]ccc23)cc1. The van der Waals surface area contributed by atoms with Gasteiger partial charge in [0.1, 0.15) is 5.65 Å². The van der Waals surface area contributed by atoms with Crippen LogP contribution in [0.15, 0.2) is 53.8 Å². The van der Waals surface area contributed by atoms with E-state index in [1.807, 2.05) is 18.2 Å². The molecule has 3 rings (SSSR count). The molecule has 3 aromatic rings. The topological polar surface area (TPSA) is 108 Å². The number of anilines is 1. The zero-order valence-corrected chi connectivity index (χ0v) is 15.3. The van der Waals surface area contributed by atoms with Crippen molar-refractivity contribution in [3.05, 3.63) is 59.9 Å². The number of fused-ring (bicyclic) bond motifs is 1. The van der Waals surface area contributed by atoms with Crippen LogP contribution in [0.2, 0.25) is 0 Å². The van der Waals surface area contributed by atoms with Crippen molar-refractivity contribution in [2.75, 3.05) is 11.9 Å². The molecular formula is C20H24N6O. The summed E-state index contributed by atoms with van der Waals surface area (Å²) < 4.78 is 0. The number of aromatic nitrogens is 2. The first-order chi connectivity index (χ1) is 13.2. The second-order valence-electron chi connectivity index (χ2n) is 6.23. The number of H-pyrrole nitrogens is 1. The van der Waals surface area contributed by atoms with Crippen molar-refractivity contribution in [3.8, 4) is 0 Å². The summed E-state index contributed by atoms with van der Waals surface area (Å²) >= 11 is 0. The molecule has 0 saturated carbocycles. The Morgan fingerprint density at radius 3 is 2.81 bits per heavy atom. The molecule has 1 aromatic carbocycles. The standard InChI is InChI=1S/C20H24N6O/c1-2-3-10-24-20(21)25-13-14-4-6-15(7-5-14)19(27)26-17-9-12-23-18-16(17)8-11-22-18/h4-9,11-12H,2-3,10,13H2,1H3,(H3,21,24,25)(H2,22,23,26,27). The molecule has 7 heteroatoms. The largest absolute Gasteiger partial charge is 0.370 e. The third-order valence-electron chi connectivity index (χ3n) is 4.19. The van der Waals surface area contributed by atoms with Gasteiger partial charge in [-0.25, -0.2) is 9.98 Å². The Balaban J connectivity index is 1.60. The third-order valence-corrected chi connectivity index (χ3v) is 4.19. The van der Waals surface area contributed by atoms with Crippen LogP contribution in [0.3, 0.4) is 0 Å². The summed E-state index contributed by atoms with van der Waals surface area (Å²) in [6, 6.07) is 11.0. The molecule has 27 heavy (non-hydrogen) atoms. The van der Waals surface area contributed by atoms with Crippen LogP contribution in [0, 0.1) is 0 Å². The molecule has 140 valence electrons. The highest BCUT2D eigenvalue weighted by Crippen LogP contribution is 2.21. The number of benzene rings is 1. The average Bonchev–Trinajstić information content (AvgIpc) is 3.17. The number of hydrogen-bond donors (Lipinski definition) is 4. The molecular weight excluding hydrogens is 340 g/mol. The fourth-order valence-electron chi connectivity index (χ4n) is 2.65. The number of rotatable bonds is 7. The lowest BCUT2D eigenvalue weighted by atomic mass is 10.1. The maximum atomic E-state index is 12.5. The van der Waals surface area contributed by atoms with Crippen molar-refractivity contribution in [2.24, 2.45) is 10.7 Å². The molecule has 0 fully saturated rings. The minimum atomic E-state index is -0.167. The summed E-state index contributed by atoms with van der Waals surface area (Å²) in [5.41, 5.74) is 8.87. The number of guanidine groups is 1. The van der Waals surface area contributed by atoms with Gasteiger partial charge in [-0.2, -0.15) is 0 Å². The maximum Gasteiger partial charge on any atom is 0.255 e. The fraction of sp³-hybridized carbons (Fsp3) is 0.250. The van der Waals surface area contributed by atoms with E-state index in [4.69, 9.17) is 5.73 Å². The molecule has 1 amide bonds. The number of nitrogens with two attached hydrogens (primary N) is 1. The van der Waals surface area contributed by atoms with Crippen molar-refractivity contribution in [1.82, 2.24) is 15.3 Å². The molecule has 0 aliphatic heterocycles. The lowest BCUT2D eigenvalue weighted by Gasteiger charge is -2.07. The van der Waals surface area contributed by atoms with E-state index in [2.05, 4.69) is 32.5 Å². The molecule has 2 aromatic heterocycles. The number of carbonyl (C=O) groups is 1. The van der Waals surface area contributed by atoms with Crippen LogP contribution in [0.1, 0.15) is 35.7 Å². The summed E-state index contributed by atoms with van der Waals surface area (Å²) in [6.45, 7) is 3.43. The Morgan fingerprint density at radius 2 is 2.04 bits per heavy atom. The van der Waals surface area contributed by atoms with Crippen LogP contribution < -0.4 is 16.4 Å². The Kier molecular flexibility index (Phi) is 6.04.